The highest BCUT2D eigenvalue weighted by Crippen LogP contribution is 2.09. The molecule has 17 heavy (non-hydrogen) atoms. The number of amides is 1. The monoisotopic (exact) mass is 256 g/mol. The van der Waals surface area contributed by atoms with Crippen LogP contribution in [0.15, 0.2) is 11.7 Å². The fourth-order valence-corrected chi connectivity index (χ4v) is 1.81. The molecule has 5 nitrogen and oxygen atoms in total. The van der Waals surface area contributed by atoms with Crippen LogP contribution in [0.2, 0.25) is 0 Å². The molecule has 1 rings (SSSR count). The van der Waals surface area contributed by atoms with Crippen LogP contribution in [0.4, 0.5) is 4.79 Å². The minimum Gasteiger partial charge on any atom is -0.444 e. The van der Waals surface area contributed by atoms with Gasteiger partial charge in [0.25, 0.3) is 0 Å². The third-order valence-electron chi connectivity index (χ3n) is 1.77. The molecule has 0 fully saturated rings. The van der Waals surface area contributed by atoms with Crippen LogP contribution < -0.4 is 5.32 Å². The Kier molecular flexibility index (Phi) is 4.62. The smallest absolute Gasteiger partial charge is 0.408 e. The van der Waals surface area contributed by atoms with Crippen molar-refractivity contribution in [2.75, 3.05) is 0 Å². The molecular weight excluding hydrogens is 240 g/mol. The maximum atomic E-state index is 11.5. The summed E-state index contributed by atoms with van der Waals surface area (Å²) in [6.45, 7) is 5.31. The first-order valence-corrected chi connectivity index (χ1v) is 6.11. The van der Waals surface area contributed by atoms with Gasteiger partial charge in [-0.1, -0.05) is 0 Å². The molecule has 1 aromatic heterocycles. The van der Waals surface area contributed by atoms with E-state index < -0.39 is 17.7 Å². The highest BCUT2D eigenvalue weighted by molar-refractivity contribution is 7.09. The van der Waals surface area contributed by atoms with Crippen molar-refractivity contribution in [3.8, 4) is 0 Å². The zero-order valence-electron chi connectivity index (χ0n) is 10.1. The lowest BCUT2D eigenvalue weighted by Crippen LogP contribution is -2.41. The molecule has 0 bridgehead atoms. The Bertz CT molecular complexity index is 371. The second kappa shape index (κ2) is 5.77. The largest absolute Gasteiger partial charge is 0.444 e. The van der Waals surface area contributed by atoms with Gasteiger partial charge in [-0.05, 0) is 20.8 Å². The van der Waals surface area contributed by atoms with E-state index in [0.717, 1.165) is 4.88 Å². The van der Waals surface area contributed by atoms with Crippen molar-refractivity contribution in [3.05, 3.63) is 16.6 Å². The van der Waals surface area contributed by atoms with Crippen LogP contribution in [0.5, 0.6) is 0 Å². The summed E-state index contributed by atoms with van der Waals surface area (Å²) in [5, 5.41) is 2.51. The summed E-state index contributed by atoms with van der Waals surface area (Å²) in [6.07, 6.45) is 2.23. The molecule has 0 aliphatic carbocycles. The Labute approximate surface area is 104 Å². The summed E-state index contributed by atoms with van der Waals surface area (Å²) in [6, 6.07) is -0.578. The van der Waals surface area contributed by atoms with E-state index >= 15 is 0 Å². The van der Waals surface area contributed by atoms with Crippen molar-refractivity contribution in [2.24, 2.45) is 0 Å². The van der Waals surface area contributed by atoms with Gasteiger partial charge in [-0.3, -0.25) is 4.98 Å². The molecular formula is C11H16N2O3S. The number of rotatable bonds is 4. The normalized spacial score (nSPS) is 12.9. The van der Waals surface area contributed by atoms with Gasteiger partial charge in [0.05, 0.1) is 11.6 Å². The molecule has 6 heteroatoms. The predicted octanol–water partition coefficient (Wildman–Crippen LogP) is 1.78. The molecule has 1 amide bonds. The summed E-state index contributed by atoms with van der Waals surface area (Å²) >= 11 is 1.44. The van der Waals surface area contributed by atoms with Crippen molar-refractivity contribution < 1.29 is 14.3 Å². The summed E-state index contributed by atoms with van der Waals surface area (Å²) in [5.41, 5.74) is 1.12. The van der Waals surface area contributed by atoms with Crippen LogP contribution in [0.3, 0.4) is 0 Å². The summed E-state index contributed by atoms with van der Waals surface area (Å²) in [7, 11) is 0. The second-order valence-electron chi connectivity index (χ2n) is 4.56. The van der Waals surface area contributed by atoms with Gasteiger partial charge in [-0.15, -0.1) is 11.3 Å². The van der Waals surface area contributed by atoms with Gasteiger partial charge in [0.2, 0.25) is 0 Å². The number of hydrogen-bond donors (Lipinski definition) is 1. The SMILES string of the molecule is CC(C)(C)OC(=O)N[C@@H](C=O)Cc1cncs1. The maximum Gasteiger partial charge on any atom is 0.408 e. The van der Waals surface area contributed by atoms with Crippen LogP contribution >= 0.6 is 11.3 Å². The van der Waals surface area contributed by atoms with Crippen molar-refractivity contribution >= 4 is 23.7 Å². The number of alkyl carbamates (subject to hydrolysis) is 1. The summed E-state index contributed by atoms with van der Waals surface area (Å²) < 4.78 is 5.07. The number of aromatic nitrogens is 1. The number of nitrogens with zero attached hydrogens (tertiary/aromatic N) is 1. The van der Waals surface area contributed by atoms with Gasteiger partial charge in [0, 0.05) is 17.5 Å². The summed E-state index contributed by atoms with van der Waals surface area (Å²) in [4.78, 5) is 27.1. The van der Waals surface area contributed by atoms with Crippen LogP contribution in [-0.4, -0.2) is 29.0 Å². The first-order chi connectivity index (χ1) is 7.90. The van der Waals surface area contributed by atoms with Crippen molar-refractivity contribution in [1.29, 1.82) is 0 Å². The quantitative estimate of drug-likeness (QED) is 0.834. The zero-order chi connectivity index (χ0) is 12.9. The van der Waals surface area contributed by atoms with Gasteiger partial charge in [-0.2, -0.15) is 0 Å². The maximum absolute atomic E-state index is 11.5. The predicted molar refractivity (Wildman–Crippen MR) is 65.0 cm³/mol. The Hall–Kier alpha value is -1.43. The van der Waals surface area contributed by atoms with Crippen molar-refractivity contribution in [2.45, 2.75) is 38.8 Å². The molecule has 1 N–H and O–H groups in total. The van der Waals surface area contributed by atoms with Gasteiger partial charge < -0.3 is 14.8 Å². The Morgan fingerprint density at radius 2 is 2.35 bits per heavy atom. The Balaban J connectivity index is 2.47. The zero-order valence-corrected chi connectivity index (χ0v) is 10.9. The molecule has 0 spiro atoms. The van der Waals surface area contributed by atoms with Crippen LogP contribution in [-0.2, 0) is 16.0 Å². The highest BCUT2D eigenvalue weighted by Gasteiger charge is 2.19. The minimum atomic E-state index is -0.584. The average molecular weight is 256 g/mol. The van der Waals surface area contributed by atoms with Gasteiger partial charge >= 0.3 is 6.09 Å². The standard InChI is InChI=1S/C11H16N2O3S/c1-11(2,3)16-10(15)13-8(6-14)4-9-5-12-7-17-9/h5-8H,4H2,1-3H3,(H,13,15)/t8-/m1/s1. The Morgan fingerprint density at radius 3 is 2.82 bits per heavy atom. The number of ether oxygens (including phenoxy) is 1. The van der Waals surface area contributed by atoms with E-state index in [9.17, 15) is 9.59 Å². The van der Waals surface area contributed by atoms with Crippen molar-refractivity contribution in [3.63, 3.8) is 0 Å². The molecule has 1 heterocycles. The first kappa shape index (κ1) is 13.6. The van der Waals surface area contributed by atoms with E-state index in [2.05, 4.69) is 10.3 Å². The van der Waals surface area contributed by atoms with Gasteiger partial charge in [-0.25, -0.2) is 4.79 Å². The van der Waals surface area contributed by atoms with Crippen LogP contribution in [0.25, 0.3) is 0 Å². The molecule has 1 aromatic rings. The third kappa shape index (κ3) is 5.44. The van der Waals surface area contributed by atoms with Crippen LogP contribution in [0.1, 0.15) is 25.6 Å². The minimum absolute atomic E-state index is 0.438. The molecule has 0 saturated carbocycles. The number of carbonyl (C=O) groups excluding carboxylic acids is 2. The fourth-order valence-electron chi connectivity index (χ4n) is 1.15. The van der Waals surface area contributed by atoms with E-state index in [4.69, 9.17) is 4.74 Å². The molecule has 1 atom stereocenters. The molecule has 0 saturated heterocycles. The number of carbonyl (C=O) groups is 2. The third-order valence-corrected chi connectivity index (χ3v) is 2.57. The van der Waals surface area contributed by atoms with Crippen LogP contribution in [0, 0.1) is 0 Å². The van der Waals surface area contributed by atoms with Gasteiger partial charge in [0.15, 0.2) is 0 Å². The number of thiazole rings is 1. The van der Waals surface area contributed by atoms with Gasteiger partial charge in [0.1, 0.15) is 11.9 Å². The summed E-state index contributed by atoms with van der Waals surface area (Å²) in [5.74, 6) is 0. The van der Waals surface area contributed by atoms with Crippen molar-refractivity contribution in [1.82, 2.24) is 10.3 Å². The van der Waals surface area contributed by atoms with E-state index in [1.165, 1.54) is 11.3 Å². The molecule has 0 aliphatic heterocycles. The molecule has 0 unspecified atom stereocenters. The molecule has 0 aromatic carbocycles. The Morgan fingerprint density at radius 1 is 1.65 bits per heavy atom. The number of aldehydes is 1. The number of hydrogen-bond acceptors (Lipinski definition) is 5. The molecule has 94 valence electrons. The fraction of sp³-hybridized carbons (Fsp3) is 0.545. The molecule has 0 aliphatic rings. The lowest BCUT2D eigenvalue weighted by atomic mass is 10.2. The van der Waals surface area contributed by atoms with E-state index in [1.807, 2.05) is 0 Å². The lowest BCUT2D eigenvalue weighted by Gasteiger charge is -2.21. The highest BCUT2D eigenvalue weighted by atomic mass is 32.1. The molecule has 0 radical (unpaired) electrons. The second-order valence-corrected chi connectivity index (χ2v) is 5.53. The lowest BCUT2D eigenvalue weighted by molar-refractivity contribution is -0.109. The van der Waals surface area contributed by atoms with E-state index in [0.29, 0.717) is 12.7 Å². The topological polar surface area (TPSA) is 68.3 Å². The average Bonchev–Trinajstić information content (AvgIpc) is 2.66. The van der Waals surface area contributed by atoms with E-state index in [1.54, 1.807) is 32.5 Å². The first-order valence-electron chi connectivity index (χ1n) is 5.23. The van der Waals surface area contributed by atoms with E-state index in [-0.39, 0.29) is 0 Å². The number of nitrogens with one attached hydrogen (secondary N) is 1.